The Morgan fingerprint density at radius 1 is 1.56 bits per heavy atom. The van der Waals surface area contributed by atoms with E-state index in [0.29, 0.717) is 17.7 Å². The number of anilines is 1. The Labute approximate surface area is 109 Å². The Morgan fingerprint density at radius 3 is 3.22 bits per heavy atom. The second-order valence-electron chi connectivity index (χ2n) is 4.70. The van der Waals surface area contributed by atoms with Gasteiger partial charge in [0.05, 0.1) is 7.11 Å². The van der Waals surface area contributed by atoms with Crippen molar-refractivity contribution < 1.29 is 4.74 Å². The van der Waals surface area contributed by atoms with Crippen LogP contribution in [-0.2, 0) is 0 Å². The molecule has 2 heterocycles. The highest BCUT2D eigenvalue weighted by atomic mass is 16.5. The maximum absolute atomic E-state index is 5.08. The number of hydrogen-bond donors (Lipinski definition) is 1. The van der Waals surface area contributed by atoms with E-state index in [9.17, 15) is 0 Å². The molecule has 1 atom stereocenters. The third-order valence-electron chi connectivity index (χ3n) is 3.44. The number of aromatic nitrogens is 2. The number of methoxy groups -OCH3 is 1. The topological polar surface area (TPSA) is 50.3 Å². The van der Waals surface area contributed by atoms with E-state index in [0.717, 1.165) is 13.1 Å². The van der Waals surface area contributed by atoms with E-state index in [2.05, 4.69) is 27.1 Å². The number of likely N-dealkylation sites (tertiary alicyclic amines) is 1. The van der Waals surface area contributed by atoms with Crippen LogP contribution in [0.4, 0.5) is 5.95 Å². The van der Waals surface area contributed by atoms with Crippen molar-refractivity contribution in [3.8, 4) is 5.88 Å². The number of rotatable bonds is 5. The van der Waals surface area contributed by atoms with Gasteiger partial charge < -0.3 is 15.0 Å². The van der Waals surface area contributed by atoms with Gasteiger partial charge in [-0.15, -0.1) is 0 Å². The van der Waals surface area contributed by atoms with Crippen molar-refractivity contribution in [2.45, 2.75) is 19.8 Å². The minimum absolute atomic E-state index is 0.603. The van der Waals surface area contributed by atoms with Crippen LogP contribution in [0.3, 0.4) is 0 Å². The molecule has 1 aliphatic rings. The van der Waals surface area contributed by atoms with Crippen LogP contribution in [0.5, 0.6) is 5.88 Å². The minimum atomic E-state index is 0.603. The van der Waals surface area contributed by atoms with Crippen molar-refractivity contribution in [3.05, 3.63) is 12.3 Å². The van der Waals surface area contributed by atoms with Gasteiger partial charge in [-0.05, 0) is 31.8 Å². The van der Waals surface area contributed by atoms with Gasteiger partial charge in [-0.25, -0.2) is 4.98 Å². The Bertz CT molecular complexity index is 372. The summed E-state index contributed by atoms with van der Waals surface area (Å²) in [5.41, 5.74) is 0. The zero-order valence-electron chi connectivity index (χ0n) is 11.2. The Balaban J connectivity index is 1.83. The van der Waals surface area contributed by atoms with E-state index in [4.69, 9.17) is 4.74 Å². The first-order chi connectivity index (χ1) is 8.81. The molecular formula is C13H22N4O. The molecule has 1 aliphatic heterocycles. The highest BCUT2D eigenvalue weighted by molar-refractivity contribution is 5.27. The average Bonchev–Trinajstić information content (AvgIpc) is 2.45. The highest BCUT2D eigenvalue weighted by Crippen LogP contribution is 2.16. The van der Waals surface area contributed by atoms with Crippen LogP contribution >= 0.6 is 0 Å². The van der Waals surface area contributed by atoms with Gasteiger partial charge in [0.1, 0.15) is 0 Å². The van der Waals surface area contributed by atoms with Gasteiger partial charge in [-0.2, -0.15) is 4.98 Å². The van der Waals surface area contributed by atoms with Gasteiger partial charge in [-0.3, -0.25) is 0 Å². The molecule has 0 saturated carbocycles. The number of nitrogens with one attached hydrogen (secondary N) is 1. The van der Waals surface area contributed by atoms with Crippen LogP contribution in [0.15, 0.2) is 12.3 Å². The fraction of sp³-hybridized carbons (Fsp3) is 0.692. The van der Waals surface area contributed by atoms with E-state index >= 15 is 0 Å². The lowest BCUT2D eigenvalue weighted by Crippen LogP contribution is -2.37. The van der Waals surface area contributed by atoms with E-state index in [1.807, 2.05) is 0 Å². The van der Waals surface area contributed by atoms with Crippen molar-refractivity contribution in [2.24, 2.45) is 5.92 Å². The van der Waals surface area contributed by atoms with Crippen LogP contribution in [0.2, 0.25) is 0 Å². The van der Waals surface area contributed by atoms with E-state index in [-0.39, 0.29) is 0 Å². The molecule has 0 spiro atoms. The predicted octanol–water partition coefficient (Wildman–Crippen LogP) is 1.63. The Morgan fingerprint density at radius 2 is 2.44 bits per heavy atom. The lowest BCUT2D eigenvalue weighted by atomic mass is 9.98. The summed E-state index contributed by atoms with van der Waals surface area (Å²) in [4.78, 5) is 11.0. The summed E-state index contributed by atoms with van der Waals surface area (Å²) in [6, 6.07) is 1.75. The minimum Gasteiger partial charge on any atom is -0.481 e. The van der Waals surface area contributed by atoms with Crippen molar-refractivity contribution >= 4 is 5.95 Å². The molecule has 1 fully saturated rings. The smallest absolute Gasteiger partial charge is 0.225 e. The van der Waals surface area contributed by atoms with Gasteiger partial charge >= 0.3 is 0 Å². The molecule has 100 valence electrons. The Hall–Kier alpha value is -1.36. The fourth-order valence-corrected chi connectivity index (χ4v) is 2.38. The summed E-state index contributed by atoms with van der Waals surface area (Å²) < 4.78 is 5.08. The molecule has 0 aliphatic carbocycles. The van der Waals surface area contributed by atoms with Crippen LogP contribution in [0, 0.1) is 5.92 Å². The van der Waals surface area contributed by atoms with Crippen molar-refractivity contribution in [1.29, 1.82) is 0 Å². The molecule has 0 bridgehead atoms. The first kappa shape index (κ1) is 13.1. The van der Waals surface area contributed by atoms with Gasteiger partial charge in [0, 0.05) is 25.4 Å². The summed E-state index contributed by atoms with van der Waals surface area (Å²) in [6.07, 6.45) is 4.29. The summed E-state index contributed by atoms with van der Waals surface area (Å²) >= 11 is 0. The Kier molecular flexibility index (Phi) is 4.75. The van der Waals surface area contributed by atoms with Crippen LogP contribution < -0.4 is 10.1 Å². The van der Waals surface area contributed by atoms with E-state index in [1.165, 1.54) is 25.9 Å². The maximum Gasteiger partial charge on any atom is 0.225 e. The monoisotopic (exact) mass is 250 g/mol. The molecule has 0 amide bonds. The van der Waals surface area contributed by atoms with Gasteiger partial charge in [0.25, 0.3) is 0 Å². The van der Waals surface area contributed by atoms with Crippen molar-refractivity contribution in [3.63, 3.8) is 0 Å². The first-order valence-corrected chi connectivity index (χ1v) is 6.65. The molecule has 2 rings (SSSR count). The summed E-state index contributed by atoms with van der Waals surface area (Å²) in [5, 5.41) is 3.30. The molecule has 1 unspecified atom stereocenters. The lowest BCUT2D eigenvalue weighted by Gasteiger charge is -2.31. The van der Waals surface area contributed by atoms with Crippen molar-refractivity contribution in [1.82, 2.24) is 14.9 Å². The molecule has 18 heavy (non-hydrogen) atoms. The van der Waals surface area contributed by atoms with Crippen LogP contribution in [-0.4, -0.2) is 48.2 Å². The standard InChI is InChI=1S/C13H22N4O/c1-3-17-8-4-5-11(10-17)9-15-13-14-7-6-12(16-13)18-2/h6-7,11H,3-5,8-10H2,1-2H3,(H,14,15,16). The molecule has 0 radical (unpaired) electrons. The number of piperidine rings is 1. The third-order valence-corrected chi connectivity index (χ3v) is 3.44. The molecule has 1 aromatic rings. The quantitative estimate of drug-likeness (QED) is 0.860. The molecule has 0 aromatic carbocycles. The van der Waals surface area contributed by atoms with Gasteiger partial charge in [0.2, 0.25) is 11.8 Å². The molecule has 5 heteroatoms. The highest BCUT2D eigenvalue weighted by Gasteiger charge is 2.18. The molecule has 1 saturated heterocycles. The molecule has 1 aromatic heterocycles. The molecular weight excluding hydrogens is 228 g/mol. The normalized spacial score (nSPS) is 20.7. The van der Waals surface area contributed by atoms with Gasteiger partial charge in [0.15, 0.2) is 0 Å². The zero-order chi connectivity index (χ0) is 12.8. The maximum atomic E-state index is 5.08. The average molecular weight is 250 g/mol. The zero-order valence-corrected chi connectivity index (χ0v) is 11.2. The van der Waals surface area contributed by atoms with Crippen molar-refractivity contribution in [2.75, 3.05) is 38.6 Å². The van der Waals surface area contributed by atoms with E-state index < -0.39 is 0 Å². The molecule has 1 N–H and O–H groups in total. The largest absolute Gasteiger partial charge is 0.481 e. The SMILES string of the molecule is CCN1CCCC(CNc2nccc(OC)n2)C1. The predicted molar refractivity (Wildman–Crippen MR) is 71.9 cm³/mol. The van der Waals surface area contributed by atoms with Gasteiger partial charge in [-0.1, -0.05) is 6.92 Å². The number of hydrogen-bond acceptors (Lipinski definition) is 5. The lowest BCUT2D eigenvalue weighted by molar-refractivity contribution is 0.189. The second-order valence-corrected chi connectivity index (χ2v) is 4.70. The van der Waals surface area contributed by atoms with Crippen LogP contribution in [0.1, 0.15) is 19.8 Å². The summed E-state index contributed by atoms with van der Waals surface area (Å²) in [6.45, 7) is 6.72. The van der Waals surface area contributed by atoms with E-state index in [1.54, 1.807) is 19.4 Å². The summed E-state index contributed by atoms with van der Waals surface area (Å²) in [5.74, 6) is 1.95. The summed E-state index contributed by atoms with van der Waals surface area (Å²) in [7, 11) is 1.62. The number of nitrogens with zero attached hydrogens (tertiary/aromatic N) is 3. The molecule has 5 nitrogen and oxygen atoms in total. The fourth-order valence-electron chi connectivity index (χ4n) is 2.38. The van der Waals surface area contributed by atoms with Crippen LogP contribution in [0.25, 0.3) is 0 Å². The second kappa shape index (κ2) is 6.54. The first-order valence-electron chi connectivity index (χ1n) is 6.65. The third kappa shape index (κ3) is 3.57. The number of ether oxygens (including phenoxy) is 1.